The number of carbonyl (C=O) groups is 1. The van der Waals surface area contributed by atoms with Crippen molar-refractivity contribution < 1.29 is 9.90 Å². The van der Waals surface area contributed by atoms with Crippen molar-refractivity contribution in [3.8, 4) is 0 Å². The zero-order valence-electron chi connectivity index (χ0n) is 9.63. The summed E-state index contributed by atoms with van der Waals surface area (Å²) in [5.74, 6) is -0.0634. The lowest BCUT2D eigenvalue weighted by Gasteiger charge is -2.48. The fraction of sp³-hybridized carbons (Fsp3) is 0.545. The van der Waals surface area contributed by atoms with Crippen molar-refractivity contribution in [2.75, 3.05) is 13.1 Å². The van der Waals surface area contributed by atoms with Gasteiger partial charge in [-0.15, -0.1) is 0 Å². The highest BCUT2D eigenvalue weighted by Crippen LogP contribution is 2.30. The average molecular weight is 277 g/mol. The minimum atomic E-state index is -0.768. The molecule has 0 unspecified atom stereocenters. The lowest BCUT2D eigenvalue weighted by Crippen LogP contribution is -2.66. The number of aromatic nitrogens is 1. The van der Waals surface area contributed by atoms with Crippen molar-refractivity contribution in [3.05, 3.63) is 21.9 Å². The maximum atomic E-state index is 12.0. The molecule has 17 heavy (non-hydrogen) atoms. The lowest BCUT2D eigenvalue weighted by molar-refractivity contribution is -0.111. The number of amides is 1. The van der Waals surface area contributed by atoms with Crippen LogP contribution in [0.15, 0.2) is 6.07 Å². The molecule has 0 aromatic carbocycles. The largest absolute Gasteiger partial charge is 0.386 e. The van der Waals surface area contributed by atoms with Crippen LogP contribution in [0.3, 0.4) is 0 Å². The number of nitrogens with one attached hydrogen (secondary N) is 1. The van der Waals surface area contributed by atoms with Crippen LogP contribution in [-0.4, -0.2) is 39.6 Å². The van der Waals surface area contributed by atoms with Gasteiger partial charge in [-0.25, -0.2) is 0 Å². The van der Waals surface area contributed by atoms with Gasteiger partial charge in [-0.05, 0) is 12.0 Å². The van der Waals surface area contributed by atoms with Gasteiger partial charge in [-0.2, -0.15) is 0 Å². The van der Waals surface area contributed by atoms with Crippen LogP contribution >= 0.6 is 23.2 Å². The molecule has 1 fully saturated rings. The number of hydrogen-bond acceptors (Lipinski definition) is 2. The first-order chi connectivity index (χ1) is 7.83. The molecule has 1 aliphatic heterocycles. The molecule has 4 nitrogen and oxygen atoms in total. The molecule has 1 aromatic rings. The molecule has 1 amide bonds. The third-order valence-electron chi connectivity index (χ3n) is 3.25. The Hall–Kier alpha value is -0.710. The third kappa shape index (κ3) is 2.17. The normalized spacial score (nSPS) is 18.4. The Morgan fingerprint density at radius 1 is 1.53 bits per heavy atom. The summed E-state index contributed by atoms with van der Waals surface area (Å²) in [5, 5.41) is 10.6. The fourth-order valence-corrected chi connectivity index (χ4v) is 2.13. The number of halogens is 2. The molecule has 1 aromatic heterocycles. The van der Waals surface area contributed by atoms with E-state index >= 15 is 0 Å². The number of β-amino-alcohol motifs (C(OH)–C–C–N with tert-alkyl or cyclic N) is 1. The zero-order chi connectivity index (χ0) is 12.8. The SMILES string of the molecule is CC(C)C1(O)CN(C(=O)c2cc(Cl)c(Cl)[nH]2)C1. The van der Waals surface area contributed by atoms with Gasteiger partial charge in [0, 0.05) is 0 Å². The molecular formula is C11H14Cl2N2O2. The molecule has 0 radical (unpaired) electrons. The van der Waals surface area contributed by atoms with Crippen molar-refractivity contribution >= 4 is 29.1 Å². The minimum Gasteiger partial charge on any atom is -0.386 e. The highest BCUT2D eigenvalue weighted by atomic mass is 35.5. The second-order valence-electron chi connectivity index (χ2n) is 4.76. The van der Waals surface area contributed by atoms with Gasteiger partial charge in [0.15, 0.2) is 0 Å². The number of rotatable bonds is 2. The van der Waals surface area contributed by atoms with E-state index < -0.39 is 5.60 Å². The molecule has 2 rings (SSSR count). The molecule has 0 saturated carbocycles. The second kappa shape index (κ2) is 4.19. The van der Waals surface area contributed by atoms with E-state index in [2.05, 4.69) is 4.98 Å². The molecule has 1 saturated heterocycles. The summed E-state index contributed by atoms with van der Waals surface area (Å²) in [5.41, 5.74) is -0.415. The Labute approximate surface area is 110 Å². The minimum absolute atomic E-state index is 0.127. The van der Waals surface area contributed by atoms with E-state index in [9.17, 15) is 9.90 Å². The summed E-state index contributed by atoms with van der Waals surface area (Å²) in [6.07, 6.45) is 0. The summed E-state index contributed by atoms with van der Waals surface area (Å²) >= 11 is 11.5. The number of carbonyl (C=O) groups excluding carboxylic acids is 1. The summed E-state index contributed by atoms with van der Waals surface area (Å²) < 4.78 is 0. The summed E-state index contributed by atoms with van der Waals surface area (Å²) in [7, 11) is 0. The lowest BCUT2D eigenvalue weighted by atomic mass is 9.83. The van der Waals surface area contributed by atoms with Crippen LogP contribution in [0.25, 0.3) is 0 Å². The molecule has 6 heteroatoms. The van der Waals surface area contributed by atoms with Gasteiger partial charge in [0.25, 0.3) is 5.91 Å². The molecule has 2 N–H and O–H groups in total. The third-order valence-corrected chi connectivity index (χ3v) is 3.94. The van der Waals surface area contributed by atoms with Gasteiger partial charge in [-0.1, -0.05) is 37.0 Å². The second-order valence-corrected chi connectivity index (χ2v) is 5.55. The monoisotopic (exact) mass is 276 g/mol. The maximum absolute atomic E-state index is 12.0. The summed E-state index contributed by atoms with van der Waals surface area (Å²) in [6.45, 7) is 4.56. The Balaban J connectivity index is 2.05. The molecule has 0 aliphatic carbocycles. The Bertz CT molecular complexity index is 431. The molecule has 94 valence electrons. The molecule has 0 bridgehead atoms. The number of nitrogens with zero attached hydrogens (tertiary/aromatic N) is 1. The quantitative estimate of drug-likeness (QED) is 0.870. The first kappa shape index (κ1) is 12.7. The van der Waals surface area contributed by atoms with E-state index in [-0.39, 0.29) is 17.0 Å². The number of hydrogen-bond donors (Lipinski definition) is 2. The molecule has 2 heterocycles. The van der Waals surface area contributed by atoms with Gasteiger partial charge >= 0.3 is 0 Å². The van der Waals surface area contributed by atoms with Crippen molar-refractivity contribution in [3.63, 3.8) is 0 Å². The van der Waals surface area contributed by atoms with Gasteiger partial charge in [-0.3, -0.25) is 4.79 Å². The van der Waals surface area contributed by atoms with Gasteiger partial charge in [0.1, 0.15) is 16.4 Å². The highest BCUT2D eigenvalue weighted by Gasteiger charge is 2.46. The number of aliphatic hydroxyl groups is 1. The molecule has 1 aliphatic rings. The van der Waals surface area contributed by atoms with Crippen LogP contribution in [0.2, 0.25) is 10.2 Å². The molecular weight excluding hydrogens is 263 g/mol. The molecule has 0 spiro atoms. The summed E-state index contributed by atoms with van der Waals surface area (Å²) in [6, 6.07) is 1.50. The Morgan fingerprint density at radius 3 is 2.53 bits per heavy atom. The first-order valence-electron chi connectivity index (χ1n) is 5.39. The van der Waals surface area contributed by atoms with E-state index in [4.69, 9.17) is 23.2 Å². The maximum Gasteiger partial charge on any atom is 0.270 e. The fourth-order valence-electron chi connectivity index (χ4n) is 1.81. The Kier molecular flexibility index (Phi) is 3.14. The first-order valence-corrected chi connectivity index (χ1v) is 6.15. The highest BCUT2D eigenvalue weighted by molar-refractivity contribution is 6.41. The topological polar surface area (TPSA) is 56.3 Å². The van der Waals surface area contributed by atoms with Crippen LogP contribution in [0, 0.1) is 5.92 Å². The standard InChI is InChI=1S/C11H14Cl2N2O2/c1-6(2)11(17)4-15(5-11)10(16)8-3-7(12)9(13)14-8/h3,6,14,17H,4-5H2,1-2H3. The average Bonchev–Trinajstić information content (AvgIpc) is 2.53. The van der Waals surface area contributed by atoms with Crippen molar-refractivity contribution in [2.45, 2.75) is 19.4 Å². The van der Waals surface area contributed by atoms with E-state index in [1.54, 1.807) is 4.90 Å². The predicted octanol–water partition coefficient (Wildman–Crippen LogP) is 2.16. The van der Waals surface area contributed by atoms with Crippen LogP contribution in [0.5, 0.6) is 0 Å². The zero-order valence-corrected chi connectivity index (χ0v) is 11.1. The smallest absolute Gasteiger partial charge is 0.270 e. The Morgan fingerprint density at radius 2 is 2.12 bits per heavy atom. The summed E-state index contributed by atoms with van der Waals surface area (Å²) in [4.78, 5) is 16.2. The van der Waals surface area contributed by atoms with E-state index in [0.717, 1.165) is 0 Å². The van der Waals surface area contributed by atoms with E-state index in [0.29, 0.717) is 23.8 Å². The number of H-pyrrole nitrogens is 1. The van der Waals surface area contributed by atoms with Crippen LogP contribution < -0.4 is 0 Å². The number of aromatic amines is 1. The molecule has 0 atom stereocenters. The van der Waals surface area contributed by atoms with Gasteiger partial charge in [0.05, 0.1) is 18.1 Å². The van der Waals surface area contributed by atoms with Gasteiger partial charge < -0.3 is 15.0 Å². The van der Waals surface area contributed by atoms with Crippen molar-refractivity contribution in [1.82, 2.24) is 9.88 Å². The van der Waals surface area contributed by atoms with Crippen LogP contribution in [-0.2, 0) is 0 Å². The van der Waals surface area contributed by atoms with E-state index in [1.165, 1.54) is 6.07 Å². The van der Waals surface area contributed by atoms with E-state index in [1.807, 2.05) is 13.8 Å². The van der Waals surface area contributed by atoms with Crippen LogP contribution in [0.1, 0.15) is 24.3 Å². The van der Waals surface area contributed by atoms with Crippen molar-refractivity contribution in [2.24, 2.45) is 5.92 Å². The number of likely N-dealkylation sites (tertiary alicyclic amines) is 1. The van der Waals surface area contributed by atoms with Crippen molar-refractivity contribution in [1.29, 1.82) is 0 Å². The van der Waals surface area contributed by atoms with Gasteiger partial charge in [0.2, 0.25) is 0 Å². The predicted molar refractivity (Wildman–Crippen MR) is 66.5 cm³/mol. The van der Waals surface area contributed by atoms with Crippen LogP contribution in [0.4, 0.5) is 0 Å².